The number of guanidine groups is 1. The van der Waals surface area contributed by atoms with Crippen molar-refractivity contribution in [2.24, 2.45) is 22.2 Å². The number of hydrogen-bond acceptors (Lipinski definition) is 6. The van der Waals surface area contributed by atoms with Gasteiger partial charge in [0.25, 0.3) is 5.91 Å². The molecule has 0 aromatic rings. The van der Waals surface area contributed by atoms with Crippen LogP contribution >= 0.6 is 0 Å². The predicted molar refractivity (Wildman–Crippen MR) is 135 cm³/mol. The lowest BCUT2D eigenvalue weighted by molar-refractivity contribution is -0.131. The average molecular weight is 472 g/mol. The van der Waals surface area contributed by atoms with E-state index < -0.39 is 18.1 Å². The third-order valence-electron chi connectivity index (χ3n) is 5.37. The van der Waals surface area contributed by atoms with Crippen molar-refractivity contribution < 1.29 is 14.7 Å². The van der Waals surface area contributed by atoms with Crippen LogP contribution in [0.25, 0.3) is 0 Å². The zero-order valence-electron chi connectivity index (χ0n) is 20.6. The van der Waals surface area contributed by atoms with E-state index in [1.54, 1.807) is 6.92 Å². The van der Waals surface area contributed by atoms with Gasteiger partial charge in [-0.1, -0.05) is 38.5 Å². The van der Waals surface area contributed by atoms with Crippen LogP contribution in [0.4, 0.5) is 0 Å². The Kier molecular flexibility index (Phi) is 20.6. The minimum Gasteiger partial charge on any atom is -0.381 e. The molecule has 10 N–H and O–H groups in total. The molecule has 0 saturated carbocycles. The van der Waals surface area contributed by atoms with E-state index in [-0.39, 0.29) is 11.9 Å². The fraction of sp³-hybridized carbons (Fsp3) is 0.870. The number of aliphatic imine (C=N–C) groups is 1. The number of nitrogens with one attached hydrogen (secondary N) is 3. The summed E-state index contributed by atoms with van der Waals surface area (Å²) in [6.45, 7) is 5.31. The summed E-state index contributed by atoms with van der Waals surface area (Å²) in [7, 11) is 0. The lowest BCUT2D eigenvalue weighted by atomic mass is 10.1. The van der Waals surface area contributed by atoms with Gasteiger partial charge in [0.05, 0.1) is 6.04 Å². The van der Waals surface area contributed by atoms with E-state index in [2.05, 4.69) is 20.9 Å². The topological polar surface area (TPSA) is 181 Å². The Hall–Kier alpha value is -1.91. The van der Waals surface area contributed by atoms with Crippen molar-refractivity contribution in [1.29, 1.82) is 0 Å². The number of aliphatic hydroxyl groups excluding tert-OH is 1. The molecule has 194 valence electrons. The Bertz CT molecular complexity index is 528. The third kappa shape index (κ3) is 20.4. The van der Waals surface area contributed by atoms with Gasteiger partial charge in [0.15, 0.2) is 12.1 Å². The van der Waals surface area contributed by atoms with Crippen LogP contribution in [0.1, 0.15) is 84.0 Å². The van der Waals surface area contributed by atoms with Crippen molar-refractivity contribution >= 4 is 17.8 Å². The van der Waals surface area contributed by atoms with Crippen LogP contribution in [-0.4, -0.2) is 67.8 Å². The molecule has 0 aliphatic carbocycles. The number of unbranched alkanes of at least 4 members (excludes halogenated alkanes) is 8. The lowest BCUT2D eigenvalue weighted by Gasteiger charge is -2.20. The summed E-state index contributed by atoms with van der Waals surface area (Å²) >= 11 is 0. The predicted octanol–water partition coefficient (Wildman–Crippen LogP) is 0.471. The van der Waals surface area contributed by atoms with Crippen molar-refractivity contribution in [3.8, 4) is 0 Å². The van der Waals surface area contributed by atoms with E-state index in [0.29, 0.717) is 26.1 Å². The Morgan fingerprint density at radius 3 is 2.06 bits per heavy atom. The first-order chi connectivity index (χ1) is 15.9. The van der Waals surface area contributed by atoms with Gasteiger partial charge in [-0.15, -0.1) is 0 Å². The minimum absolute atomic E-state index is 0.127. The number of carbonyl (C=O) groups excluding carboxylic acids is 2. The molecule has 0 rings (SSSR count). The molecule has 2 amide bonds. The SMILES string of the molecule is CC(NC(=O)CCCCCCCCCCN=C(N)N)[C@H](O)C(=O)NCCCCNCCCN. The number of nitrogens with zero attached hydrogens (tertiary/aromatic N) is 1. The minimum atomic E-state index is -1.25. The van der Waals surface area contributed by atoms with Crippen molar-refractivity contribution in [2.75, 3.05) is 32.7 Å². The second-order valence-electron chi connectivity index (χ2n) is 8.58. The Morgan fingerprint density at radius 1 is 0.848 bits per heavy atom. The first-order valence-corrected chi connectivity index (χ1v) is 12.6. The van der Waals surface area contributed by atoms with Crippen LogP contribution in [0.3, 0.4) is 0 Å². The van der Waals surface area contributed by atoms with Crippen LogP contribution in [0.2, 0.25) is 0 Å². The highest BCUT2D eigenvalue weighted by molar-refractivity contribution is 5.83. The van der Waals surface area contributed by atoms with Crippen molar-refractivity contribution in [3.63, 3.8) is 0 Å². The van der Waals surface area contributed by atoms with E-state index in [0.717, 1.165) is 70.9 Å². The smallest absolute Gasteiger partial charge is 0.250 e. The van der Waals surface area contributed by atoms with E-state index in [1.807, 2.05) is 0 Å². The summed E-state index contributed by atoms with van der Waals surface area (Å²) in [6, 6.07) is -0.616. The Labute approximate surface area is 199 Å². The van der Waals surface area contributed by atoms with Gasteiger partial charge in [0, 0.05) is 19.5 Å². The number of rotatable bonds is 22. The van der Waals surface area contributed by atoms with Crippen LogP contribution < -0.4 is 33.2 Å². The van der Waals surface area contributed by atoms with Crippen LogP contribution in [0.5, 0.6) is 0 Å². The summed E-state index contributed by atoms with van der Waals surface area (Å²) < 4.78 is 0. The fourth-order valence-electron chi connectivity index (χ4n) is 3.34. The molecule has 2 atom stereocenters. The van der Waals surface area contributed by atoms with Gasteiger partial charge >= 0.3 is 0 Å². The molecule has 10 heteroatoms. The summed E-state index contributed by atoms with van der Waals surface area (Å²) in [4.78, 5) is 28.1. The highest BCUT2D eigenvalue weighted by Gasteiger charge is 2.23. The number of nitrogens with two attached hydrogens (primary N) is 3. The molecule has 0 saturated heterocycles. The van der Waals surface area contributed by atoms with Gasteiger partial charge in [-0.2, -0.15) is 0 Å². The summed E-state index contributed by atoms with van der Waals surface area (Å²) in [5.41, 5.74) is 16.0. The number of hydrogen-bond donors (Lipinski definition) is 7. The van der Waals surface area contributed by atoms with Crippen LogP contribution in [-0.2, 0) is 9.59 Å². The number of amides is 2. The van der Waals surface area contributed by atoms with E-state index in [9.17, 15) is 14.7 Å². The maximum absolute atomic E-state index is 12.1. The molecule has 0 radical (unpaired) electrons. The van der Waals surface area contributed by atoms with Crippen molar-refractivity contribution in [1.82, 2.24) is 16.0 Å². The van der Waals surface area contributed by atoms with E-state index in [4.69, 9.17) is 17.2 Å². The maximum atomic E-state index is 12.1. The average Bonchev–Trinajstić information content (AvgIpc) is 2.78. The molecule has 0 aliphatic rings. The highest BCUT2D eigenvalue weighted by Crippen LogP contribution is 2.10. The largest absolute Gasteiger partial charge is 0.381 e. The normalized spacial score (nSPS) is 12.7. The second kappa shape index (κ2) is 21.9. The van der Waals surface area contributed by atoms with Crippen LogP contribution in [0.15, 0.2) is 4.99 Å². The lowest BCUT2D eigenvalue weighted by Crippen LogP contribution is -2.49. The molecule has 0 aliphatic heterocycles. The third-order valence-corrected chi connectivity index (χ3v) is 5.37. The molecular weight excluding hydrogens is 422 g/mol. The second-order valence-corrected chi connectivity index (χ2v) is 8.58. The maximum Gasteiger partial charge on any atom is 0.250 e. The summed E-state index contributed by atoms with van der Waals surface area (Å²) in [5, 5.41) is 18.9. The summed E-state index contributed by atoms with van der Waals surface area (Å²) in [5.74, 6) is -0.421. The molecule has 10 nitrogen and oxygen atoms in total. The van der Waals surface area contributed by atoms with E-state index >= 15 is 0 Å². The van der Waals surface area contributed by atoms with Gasteiger partial charge < -0.3 is 38.3 Å². The molecule has 0 heterocycles. The first-order valence-electron chi connectivity index (χ1n) is 12.6. The monoisotopic (exact) mass is 471 g/mol. The summed E-state index contributed by atoms with van der Waals surface area (Å²) in [6.07, 6.45) is 10.4. The molecule has 0 aromatic heterocycles. The van der Waals surface area contributed by atoms with Gasteiger partial charge in [0.2, 0.25) is 5.91 Å². The number of aliphatic hydroxyl groups is 1. The first kappa shape index (κ1) is 31.1. The molecular formula is C23H49N7O3. The van der Waals surface area contributed by atoms with Crippen LogP contribution in [0, 0.1) is 0 Å². The van der Waals surface area contributed by atoms with E-state index in [1.165, 1.54) is 12.8 Å². The van der Waals surface area contributed by atoms with Gasteiger partial charge in [-0.05, 0) is 58.7 Å². The molecule has 1 unspecified atom stereocenters. The molecule has 33 heavy (non-hydrogen) atoms. The van der Waals surface area contributed by atoms with Crippen molar-refractivity contribution in [3.05, 3.63) is 0 Å². The zero-order chi connectivity index (χ0) is 24.7. The molecule has 0 spiro atoms. The van der Waals surface area contributed by atoms with Gasteiger partial charge in [-0.3, -0.25) is 14.6 Å². The van der Waals surface area contributed by atoms with Gasteiger partial charge in [0.1, 0.15) is 0 Å². The van der Waals surface area contributed by atoms with Gasteiger partial charge in [-0.25, -0.2) is 0 Å². The highest BCUT2D eigenvalue weighted by atomic mass is 16.3. The molecule has 0 fully saturated rings. The zero-order valence-corrected chi connectivity index (χ0v) is 20.6. The fourth-order valence-corrected chi connectivity index (χ4v) is 3.34. The standard InChI is InChI=1S/C23H49N7O3/c1-19(21(32)22(33)28-17-11-10-15-27-16-12-14-24)30-20(31)13-8-6-4-2-3-5-7-9-18-29-23(25)26/h19,21,27,32H,2-18,24H2,1H3,(H,28,33)(H,30,31)(H4,25,26,29)/t19?,21-/m0/s1. The quantitative estimate of drug-likeness (QED) is 0.0680. The molecule has 0 aromatic carbocycles. The Morgan fingerprint density at radius 2 is 1.42 bits per heavy atom. The Balaban J connectivity index is 3.66. The molecule has 0 bridgehead atoms. The van der Waals surface area contributed by atoms with Crippen molar-refractivity contribution in [2.45, 2.75) is 96.1 Å². The number of carbonyl (C=O) groups is 2.